The number of hydrogen-bond donors (Lipinski definition) is 1. The van der Waals surface area contributed by atoms with E-state index < -0.39 is 15.4 Å². The van der Waals surface area contributed by atoms with E-state index in [9.17, 15) is 13.5 Å². The van der Waals surface area contributed by atoms with Gasteiger partial charge in [-0.05, 0) is 45.2 Å². The lowest BCUT2D eigenvalue weighted by atomic mass is 10.1. The van der Waals surface area contributed by atoms with Crippen molar-refractivity contribution >= 4 is 21.4 Å². The lowest BCUT2D eigenvalue weighted by molar-refractivity contribution is 0.0841. The number of aliphatic hydroxyl groups excluding tert-OH is 1. The van der Waals surface area contributed by atoms with Crippen LogP contribution in [0.4, 0.5) is 0 Å². The molecule has 0 saturated heterocycles. The van der Waals surface area contributed by atoms with Crippen LogP contribution in [0.15, 0.2) is 29.2 Å². The molecule has 1 aromatic rings. The Morgan fingerprint density at radius 2 is 1.79 bits per heavy atom. The largest absolute Gasteiger partial charge is 0.394 e. The van der Waals surface area contributed by atoms with Crippen molar-refractivity contribution in [3.63, 3.8) is 0 Å². The van der Waals surface area contributed by atoms with Gasteiger partial charge in [0.1, 0.15) is 0 Å². The Hall–Kier alpha value is -0.620. The standard InChI is InChI=1S/C13H20ClNO3S/c1-13(2,10-16)15(3)8-9-19(17,18)12-6-4-11(14)5-7-12/h4-7,16H,8-10H2,1-3H3. The molecule has 0 unspecified atom stereocenters. The third-order valence-electron chi connectivity index (χ3n) is 3.29. The Labute approximate surface area is 119 Å². The number of rotatable bonds is 6. The second kappa shape index (κ2) is 6.22. The Bertz CT molecular complexity index is 511. The summed E-state index contributed by atoms with van der Waals surface area (Å²) < 4.78 is 24.3. The molecule has 108 valence electrons. The normalized spacial score (nSPS) is 12.9. The summed E-state index contributed by atoms with van der Waals surface area (Å²) in [4.78, 5) is 2.10. The average Bonchev–Trinajstić information content (AvgIpc) is 2.36. The third kappa shape index (κ3) is 4.45. The average molecular weight is 306 g/mol. The monoisotopic (exact) mass is 305 g/mol. The molecule has 0 radical (unpaired) electrons. The topological polar surface area (TPSA) is 57.6 Å². The van der Waals surface area contributed by atoms with E-state index in [2.05, 4.69) is 0 Å². The molecule has 0 aliphatic rings. The Morgan fingerprint density at radius 3 is 2.26 bits per heavy atom. The summed E-state index contributed by atoms with van der Waals surface area (Å²) in [5.41, 5.74) is -0.435. The molecule has 0 bridgehead atoms. The van der Waals surface area contributed by atoms with Crippen LogP contribution < -0.4 is 0 Å². The van der Waals surface area contributed by atoms with Gasteiger partial charge in [0.15, 0.2) is 9.84 Å². The van der Waals surface area contributed by atoms with Crippen molar-refractivity contribution in [2.24, 2.45) is 0 Å². The molecule has 1 aromatic carbocycles. The summed E-state index contributed by atoms with van der Waals surface area (Å²) in [6.07, 6.45) is 0. The van der Waals surface area contributed by atoms with Gasteiger partial charge in [-0.2, -0.15) is 0 Å². The van der Waals surface area contributed by atoms with Gasteiger partial charge in [-0.15, -0.1) is 0 Å². The van der Waals surface area contributed by atoms with E-state index in [-0.39, 0.29) is 17.3 Å². The van der Waals surface area contributed by atoms with Gasteiger partial charge in [0.05, 0.1) is 17.3 Å². The highest BCUT2D eigenvalue weighted by molar-refractivity contribution is 7.91. The molecule has 1 N–H and O–H groups in total. The molecule has 0 heterocycles. The van der Waals surface area contributed by atoms with Gasteiger partial charge < -0.3 is 5.11 Å². The Balaban J connectivity index is 2.74. The van der Waals surface area contributed by atoms with Crippen LogP contribution in [0, 0.1) is 0 Å². The fourth-order valence-electron chi connectivity index (χ4n) is 1.44. The SMILES string of the molecule is CN(CCS(=O)(=O)c1ccc(Cl)cc1)C(C)(C)CO. The van der Waals surface area contributed by atoms with E-state index in [1.165, 1.54) is 12.1 Å². The number of nitrogens with zero attached hydrogens (tertiary/aromatic N) is 1. The second-order valence-electron chi connectivity index (χ2n) is 5.16. The molecule has 0 fully saturated rings. The first kappa shape index (κ1) is 16.4. The van der Waals surface area contributed by atoms with Crippen molar-refractivity contribution < 1.29 is 13.5 Å². The van der Waals surface area contributed by atoms with Crippen molar-refractivity contribution in [3.8, 4) is 0 Å². The first-order valence-electron chi connectivity index (χ1n) is 5.99. The molecule has 19 heavy (non-hydrogen) atoms. The maximum absolute atomic E-state index is 12.1. The van der Waals surface area contributed by atoms with Crippen molar-refractivity contribution in [1.29, 1.82) is 0 Å². The molecule has 0 aliphatic heterocycles. The van der Waals surface area contributed by atoms with Crippen molar-refractivity contribution in [2.45, 2.75) is 24.3 Å². The molecular formula is C13H20ClNO3S. The lowest BCUT2D eigenvalue weighted by Crippen LogP contribution is -2.46. The first-order chi connectivity index (χ1) is 8.69. The predicted octanol–water partition coefficient (Wildman–Crippen LogP) is 1.82. The lowest BCUT2D eigenvalue weighted by Gasteiger charge is -2.33. The van der Waals surface area contributed by atoms with E-state index in [1.54, 1.807) is 19.2 Å². The van der Waals surface area contributed by atoms with Crippen LogP contribution in [-0.4, -0.2) is 49.9 Å². The van der Waals surface area contributed by atoms with E-state index >= 15 is 0 Å². The fraction of sp³-hybridized carbons (Fsp3) is 0.538. The van der Waals surface area contributed by atoms with Crippen molar-refractivity contribution in [3.05, 3.63) is 29.3 Å². The molecule has 0 atom stereocenters. The number of halogens is 1. The molecule has 0 spiro atoms. The highest BCUT2D eigenvalue weighted by atomic mass is 35.5. The minimum atomic E-state index is -3.32. The van der Waals surface area contributed by atoms with Gasteiger partial charge in [0.2, 0.25) is 0 Å². The van der Waals surface area contributed by atoms with E-state index in [0.717, 1.165) is 0 Å². The molecule has 0 aliphatic carbocycles. The third-order valence-corrected chi connectivity index (χ3v) is 5.25. The van der Waals surface area contributed by atoms with Crippen LogP contribution in [0.3, 0.4) is 0 Å². The highest BCUT2D eigenvalue weighted by Crippen LogP contribution is 2.17. The van der Waals surface area contributed by atoms with Gasteiger partial charge >= 0.3 is 0 Å². The predicted molar refractivity (Wildman–Crippen MR) is 77.3 cm³/mol. The number of benzene rings is 1. The molecule has 0 saturated carbocycles. The maximum atomic E-state index is 12.1. The zero-order valence-electron chi connectivity index (χ0n) is 11.4. The van der Waals surface area contributed by atoms with Crippen LogP contribution >= 0.6 is 11.6 Å². The van der Waals surface area contributed by atoms with Crippen molar-refractivity contribution in [1.82, 2.24) is 4.90 Å². The van der Waals surface area contributed by atoms with E-state index in [0.29, 0.717) is 11.6 Å². The van der Waals surface area contributed by atoms with Crippen LogP contribution in [0.25, 0.3) is 0 Å². The Kier molecular flexibility index (Phi) is 5.38. The van der Waals surface area contributed by atoms with Crippen LogP contribution in [0.1, 0.15) is 13.8 Å². The number of sulfone groups is 1. The fourth-order valence-corrected chi connectivity index (χ4v) is 2.87. The molecule has 0 amide bonds. The number of hydrogen-bond acceptors (Lipinski definition) is 4. The molecule has 1 rings (SSSR count). The summed E-state index contributed by atoms with van der Waals surface area (Å²) in [7, 11) is -1.52. The number of aliphatic hydroxyl groups is 1. The van der Waals surface area contributed by atoms with Gasteiger partial charge in [-0.1, -0.05) is 11.6 Å². The molecule has 4 nitrogen and oxygen atoms in total. The smallest absolute Gasteiger partial charge is 0.179 e. The molecule has 6 heteroatoms. The summed E-state index contributed by atoms with van der Waals surface area (Å²) in [5, 5.41) is 9.75. The minimum Gasteiger partial charge on any atom is -0.394 e. The van der Waals surface area contributed by atoms with Gasteiger partial charge in [-0.25, -0.2) is 8.42 Å². The second-order valence-corrected chi connectivity index (χ2v) is 7.71. The van der Waals surface area contributed by atoms with Gasteiger partial charge in [0, 0.05) is 17.1 Å². The van der Waals surface area contributed by atoms with Crippen LogP contribution in [0.5, 0.6) is 0 Å². The van der Waals surface area contributed by atoms with E-state index in [4.69, 9.17) is 11.6 Å². The van der Waals surface area contributed by atoms with Gasteiger partial charge in [0.25, 0.3) is 0 Å². The highest BCUT2D eigenvalue weighted by Gasteiger charge is 2.24. The number of likely N-dealkylation sites (N-methyl/N-ethyl adjacent to an activating group) is 1. The Morgan fingerprint density at radius 1 is 1.26 bits per heavy atom. The molecule has 0 aromatic heterocycles. The van der Waals surface area contributed by atoms with Crippen molar-refractivity contribution in [2.75, 3.05) is 26.0 Å². The summed E-state index contributed by atoms with van der Waals surface area (Å²) >= 11 is 5.74. The molecular weight excluding hydrogens is 286 g/mol. The first-order valence-corrected chi connectivity index (χ1v) is 8.02. The summed E-state index contributed by atoms with van der Waals surface area (Å²) in [5.74, 6) is 0.00849. The zero-order valence-corrected chi connectivity index (χ0v) is 13.0. The minimum absolute atomic E-state index is 0.00849. The maximum Gasteiger partial charge on any atom is 0.179 e. The summed E-state index contributed by atoms with van der Waals surface area (Å²) in [6.45, 7) is 4.06. The zero-order chi connectivity index (χ0) is 14.7. The van der Waals surface area contributed by atoms with Crippen LogP contribution in [-0.2, 0) is 9.84 Å². The van der Waals surface area contributed by atoms with Gasteiger partial charge in [-0.3, -0.25) is 4.90 Å². The quantitative estimate of drug-likeness (QED) is 0.871. The van der Waals surface area contributed by atoms with E-state index in [1.807, 2.05) is 18.7 Å². The summed E-state index contributed by atoms with van der Waals surface area (Å²) in [6, 6.07) is 6.15. The van der Waals surface area contributed by atoms with Crippen LogP contribution in [0.2, 0.25) is 5.02 Å².